The second-order valence-electron chi connectivity index (χ2n) is 6.29. The van der Waals surface area contributed by atoms with Crippen molar-refractivity contribution in [1.29, 1.82) is 0 Å². The van der Waals surface area contributed by atoms with Gasteiger partial charge in [-0.2, -0.15) is 0 Å². The number of hydrogen-bond donors (Lipinski definition) is 2. The molecule has 6 heteroatoms. The molecular formula is C18H25N5O. The predicted molar refractivity (Wildman–Crippen MR) is 95.5 cm³/mol. The van der Waals surface area contributed by atoms with E-state index >= 15 is 0 Å². The fraction of sp³-hybridized carbons (Fsp3) is 0.444. The van der Waals surface area contributed by atoms with Gasteiger partial charge in [-0.25, -0.2) is 15.4 Å². The van der Waals surface area contributed by atoms with Crippen LogP contribution in [0.2, 0.25) is 0 Å². The van der Waals surface area contributed by atoms with Gasteiger partial charge in [-0.3, -0.25) is 0 Å². The first kappa shape index (κ1) is 16.7. The maximum Gasteiger partial charge on any atom is 0.222 e. The zero-order valence-corrected chi connectivity index (χ0v) is 14.7. The Morgan fingerprint density at radius 1 is 1.33 bits per heavy atom. The molecule has 3 N–H and O–H groups in total. The van der Waals surface area contributed by atoms with E-state index in [2.05, 4.69) is 35.3 Å². The molecule has 0 aromatic carbocycles. The fourth-order valence-corrected chi connectivity index (χ4v) is 2.91. The molecule has 128 valence electrons. The molecule has 0 fully saturated rings. The first-order valence-corrected chi connectivity index (χ1v) is 8.43. The summed E-state index contributed by atoms with van der Waals surface area (Å²) in [6, 6.07) is 8.25. The van der Waals surface area contributed by atoms with Crippen LogP contribution in [0, 0.1) is 0 Å². The first-order chi connectivity index (χ1) is 11.5. The van der Waals surface area contributed by atoms with E-state index in [1.54, 1.807) is 6.20 Å². The van der Waals surface area contributed by atoms with Crippen molar-refractivity contribution in [3.63, 3.8) is 0 Å². The normalized spacial score (nSPS) is 20.8. The molecule has 2 unspecified atom stereocenters. The third-order valence-electron chi connectivity index (χ3n) is 4.34. The average molecular weight is 327 g/mol. The van der Waals surface area contributed by atoms with Crippen LogP contribution in [-0.4, -0.2) is 22.6 Å². The van der Waals surface area contributed by atoms with Crippen molar-refractivity contribution < 1.29 is 4.74 Å². The molecule has 3 rings (SSSR count). The quantitative estimate of drug-likeness (QED) is 0.879. The van der Waals surface area contributed by atoms with E-state index in [0.717, 1.165) is 29.1 Å². The highest BCUT2D eigenvalue weighted by Crippen LogP contribution is 2.37. The number of pyridine rings is 2. The lowest BCUT2D eigenvalue weighted by molar-refractivity contribution is 0.328. The molecule has 0 saturated carbocycles. The highest BCUT2D eigenvalue weighted by molar-refractivity contribution is 5.69. The van der Waals surface area contributed by atoms with E-state index in [4.69, 9.17) is 15.5 Å². The van der Waals surface area contributed by atoms with E-state index in [9.17, 15) is 0 Å². The Bertz CT molecular complexity index is 731. The minimum absolute atomic E-state index is 0.333. The SMILES string of the molecule is CCOc1ncccc1-c1ccc2c(n1)C(C)(N)NN2C(C)CC. The minimum atomic E-state index is -0.706. The summed E-state index contributed by atoms with van der Waals surface area (Å²) in [6.07, 6.45) is 2.74. The minimum Gasteiger partial charge on any atom is -0.477 e. The van der Waals surface area contributed by atoms with Gasteiger partial charge >= 0.3 is 0 Å². The molecule has 0 saturated heterocycles. The number of nitrogens with zero attached hydrogens (tertiary/aromatic N) is 3. The molecule has 0 radical (unpaired) electrons. The summed E-state index contributed by atoms with van der Waals surface area (Å²) in [7, 11) is 0. The number of nitrogens with one attached hydrogen (secondary N) is 1. The smallest absolute Gasteiger partial charge is 0.222 e. The van der Waals surface area contributed by atoms with Crippen molar-refractivity contribution >= 4 is 5.69 Å². The summed E-state index contributed by atoms with van der Waals surface area (Å²) in [5.74, 6) is 0.593. The molecule has 0 amide bonds. The van der Waals surface area contributed by atoms with Crippen molar-refractivity contribution in [2.24, 2.45) is 5.73 Å². The second-order valence-corrected chi connectivity index (χ2v) is 6.29. The molecule has 0 aliphatic carbocycles. The highest BCUT2D eigenvalue weighted by atomic mass is 16.5. The number of nitrogens with two attached hydrogens (primary N) is 1. The zero-order valence-electron chi connectivity index (χ0n) is 14.7. The van der Waals surface area contributed by atoms with Gasteiger partial charge in [-0.05, 0) is 51.5 Å². The van der Waals surface area contributed by atoms with Gasteiger partial charge in [-0.1, -0.05) is 6.92 Å². The highest BCUT2D eigenvalue weighted by Gasteiger charge is 2.38. The van der Waals surface area contributed by atoms with Gasteiger partial charge in [0.25, 0.3) is 0 Å². The number of fused-ring (bicyclic) bond motifs is 1. The van der Waals surface area contributed by atoms with Crippen LogP contribution in [-0.2, 0) is 5.66 Å². The van der Waals surface area contributed by atoms with E-state index in [1.807, 2.05) is 32.0 Å². The van der Waals surface area contributed by atoms with Crippen LogP contribution in [0.15, 0.2) is 30.5 Å². The number of hydrazine groups is 1. The number of rotatable bonds is 5. The van der Waals surface area contributed by atoms with E-state index in [0.29, 0.717) is 18.5 Å². The van der Waals surface area contributed by atoms with Gasteiger partial charge in [0.15, 0.2) is 0 Å². The molecule has 3 heterocycles. The fourth-order valence-electron chi connectivity index (χ4n) is 2.91. The summed E-state index contributed by atoms with van der Waals surface area (Å²) in [5.41, 5.74) is 12.7. The number of hydrogen-bond acceptors (Lipinski definition) is 6. The molecule has 2 aromatic rings. The van der Waals surface area contributed by atoms with Crippen LogP contribution in [0.5, 0.6) is 5.88 Å². The van der Waals surface area contributed by atoms with Crippen LogP contribution in [0.25, 0.3) is 11.3 Å². The lowest BCUT2D eigenvalue weighted by Gasteiger charge is -2.28. The van der Waals surface area contributed by atoms with Gasteiger partial charge in [0, 0.05) is 12.2 Å². The Kier molecular flexibility index (Phi) is 4.43. The lowest BCUT2D eigenvalue weighted by atomic mass is 10.1. The molecule has 2 aromatic heterocycles. The Labute approximate surface area is 143 Å². The molecule has 6 nitrogen and oxygen atoms in total. The summed E-state index contributed by atoms with van der Waals surface area (Å²) >= 11 is 0. The topological polar surface area (TPSA) is 76.3 Å². The lowest BCUT2D eigenvalue weighted by Crippen LogP contribution is -2.53. The van der Waals surface area contributed by atoms with Crippen LogP contribution in [0.1, 0.15) is 39.8 Å². The van der Waals surface area contributed by atoms with Crippen molar-refractivity contribution in [3.05, 3.63) is 36.2 Å². The number of anilines is 1. The van der Waals surface area contributed by atoms with Crippen LogP contribution >= 0.6 is 0 Å². The first-order valence-electron chi connectivity index (χ1n) is 8.43. The Balaban J connectivity index is 2.07. The average Bonchev–Trinajstić information content (AvgIpc) is 2.86. The summed E-state index contributed by atoms with van der Waals surface area (Å²) < 4.78 is 5.63. The summed E-state index contributed by atoms with van der Waals surface area (Å²) in [6.45, 7) is 8.77. The molecule has 0 bridgehead atoms. The van der Waals surface area contributed by atoms with Crippen LogP contribution in [0.4, 0.5) is 5.69 Å². The maximum absolute atomic E-state index is 6.45. The van der Waals surface area contributed by atoms with Gasteiger partial charge < -0.3 is 15.5 Å². The molecule has 0 spiro atoms. The summed E-state index contributed by atoms with van der Waals surface area (Å²) in [5, 5.41) is 2.11. The third-order valence-corrected chi connectivity index (χ3v) is 4.34. The Morgan fingerprint density at radius 2 is 2.12 bits per heavy atom. The zero-order chi connectivity index (χ0) is 17.3. The van der Waals surface area contributed by atoms with Gasteiger partial charge in [0.2, 0.25) is 5.88 Å². The largest absolute Gasteiger partial charge is 0.477 e. The predicted octanol–water partition coefficient (Wildman–Crippen LogP) is 2.80. The van der Waals surface area contributed by atoms with E-state index in [1.165, 1.54) is 0 Å². The van der Waals surface area contributed by atoms with Gasteiger partial charge in [0.05, 0.1) is 23.6 Å². The van der Waals surface area contributed by atoms with Gasteiger partial charge in [0.1, 0.15) is 11.4 Å². The van der Waals surface area contributed by atoms with Crippen molar-refractivity contribution in [2.75, 3.05) is 11.6 Å². The van der Waals surface area contributed by atoms with Crippen molar-refractivity contribution in [3.8, 4) is 17.1 Å². The number of aromatic nitrogens is 2. The second kappa shape index (κ2) is 6.37. The molecule has 1 aliphatic heterocycles. The van der Waals surface area contributed by atoms with Crippen molar-refractivity contribution in [1.82, 2.24) is 15.4 Å². The molecular weight excluding hydrogens is 302 g/mol. The Morgan fingerprint density at radius 3 is 2.83 bits per heavy atom. The molecule has 2 atom stereocenters. The monoisotopic (exact) mass is 327 g/mol. The Hall–Kier alpha value is -2.18. The van der Waals surface area contributed by atoms with Crippen LogP contribution < -0.4 is 20.9 Å². The summed E-state index contributed by atoms with van der Waals surface area (Å²) in [4.78, 5) is 9.15. The van der Waals surface area contributed by atoms with E-state index < -0.39 is 5.66 Å². The number of ether oxygens (including phenoxy) is 1. The maximum atomic E-state index is 6.45. The molecule has 24 heavy (non-hydrogen) atoms. The molecule has 1 aliphatic rings. The van der Waals surface area contributed by atoms with Crippen LogP contribution in [0.3, 0.4) is 0 Å². The van der Waals surface area contributed by atoms with Crippen molar-refractivity contribution in [2.45, 2.75) is 45.8 Å². The van der Waals surface area contributed by atoms with E-state index in [-0.39, 0.29) is 0 Å². The third kappa shape index (κ3) is 2.83. The standard InChI is InChI=1S/C18H25N5O/c1-5-12(3)23-15-10-9-14(21-16(15)18(4,19)22-23)13-8-7-11-20-17(13)24-6-2/h7-12,22H,5-6,19H2,1-4H3. The van der Waals surface area contributed by atoms with Gasteiger partial charge in [-0.15, -0.1) is 0 Å².